The molecule has 0 fully saturated rings. The van der Waals surface area contributed by atoms with Gasteiger partial charge in [0.1, 0.15) is 0 Å². The van der Waals surface area contributed by atoms with Crippen molar-refractivity contribution in [2.75, 3.05) is 7.05 Å². The maximum atomic E-state index is 4.47. The number of pyridine rings is 1. The van der Waals surface area contributed by atoms with Crippen LogP contribution in [0.4, 0.5) is 0 Å². The molecule has 0 unspecified atom stereocenters. The molecule has 0 spiro atoms. The third-order valence-corrected chi connectivity index (χ3v) is 3.75. The van der Waals surface area contributed by atoms with Gasteiger partial charge in [0.15, 0.2) is 5.96 Å². The van der Waals surface area contributed by atoms with E-state index in [0.29, 0.717) is 13.1 Å². The minimum Gasteiger partial charge on any atom is -0.352 e. The fraction of sp³-hybridized carbons (Fsp3) is 0.235. The number of benzene rings is 1. The topological polar surface area (TPSA) is 67.1 Å². The summed E-state index contributed by atoms with van der Waals surface area (Å²) in [6.07, 6.45) is 3.61. The molecular formula is C17H20N6. The molecule has 2 N–H and O–H groups in total. The van der Waals surface area contributed by atoms with E-state index in [2.05, 4.69) is 43.9 Å². The summed E-state index contributed by atoms with van der Waals surface area (Å²) < 4.78 is 1.84. The Labute approximate surface area is 135 Å². The number of guanidine groups is 1. The average molecular weight is 308 g/mol. The van der Waals surface area contributed by atoms with Crippen LogP contribution in [0.25, 0.3) is 10.9 Å². The van der Waals surface area contributed by atoms with Crippen molar-refractivity contribution in [1.82, 2.24) is 25.4 Å². The van der Waals surface area contributed by atoms with Gasteiger partial charge in [-0.15, -0.1) is 0 Å². The lowest BCUT2D eigenvalue weighted by Gasteiger charge is -2.13. The number of aryl methyl sites for hydroxylation is 1. The van der Waals surface area contributed by atoms with Crippen LogP contribution in [-0.4, -0.2) is 27.8 Å². The molecule has 6 nitrogen and oxygen atoms in total. The van der Waals surface area contributed by atoms with Gasteiger partial charge in [0.05, 0.1) is 17.8 Å². The van der Waals surface area contributed by atoms with Crippen molar-refractivity contribution >= 4 is 16.9 Å². The summed E-state index contributed by atoms with van der Waals surface area (Å²) in [4.78, 5) is 8.73. The van der Waals surface area contributed by atoms with E-state index in [-0.39, 0.29) is 0 Å². The van der Waals surface area contributed by atoms with E-state index in [4.69, 9.17) is 0 Å². The molecule has 0 saturated heterocycles. The van der Waals surface area contributed by atoms with E-state index < -0.39 is 0 Å². The van der Waals surface area contributed by atoms with Crippen molar-refractivity contribution in [2.45, 2.75) is 13.1 Å². The number of aliphatic imine (C=N–C) groups is 1. The zero-order chi connectivity index (χ0) is 16.1. The summed E-state index contributed by atoms with van der Waals surface area (Å²) in [6, 6.07) is 12.2. The molecule has 0 atom stereocenters. The first-order valence-corrected chi connectivity index (χ1v) is 7.52. The van der Waals surface area contributed by atoms with Crippen LogP contribution in [0.1, 0.15) is 11.3 Å². The summed E-state index contributed by atoms with van der Waals surface area (Å²) in [6.45, 7) is 1.34. The quantitative estimate of drug-likeness (QED) is 0.570. The molecule has 0 amide bonds. The van der Waals surface area contributed by atoms with Crippen molar-refractivity contribution in [3.8, 4) is 0 Å². The van der Waals surface area contributed by atoms with Crippen LogP contribution >= 0.6 is 0 Å². The van der Waals surface area contributed by atoms with E-state index in [1.807, 2.05) is 36.1 Å². The van der Waals surface area contributed by atoms with Gasteiger partial charge in [-0.25, -0.2) is 0 Å². The van der Waals surface area contributed by atoms with E-state index in [9.17, 15) is 0 Å². The minimum atomic E-state index is 0.666. The summed E-state index contributed by atoms with van der Waals surface area (Å²) in [5.74, 6) is 0.749. The molecule has 3 rings (SSSR count). The first-order chi connectivity index (χ1) is 11.3. The van der Waals surface area contributed by atoms with Gasteiger partial charge in [-0.1, -0.05) is 24.3 Å². The molecule has 6 heteroatoms. The minimum absolute atomic E-state index is 0.666. The molecular weight excluding hydrogens is 288 g/mol. The predicted molar refractivity (Wildman–Crippen MR) is 92.0 cm³/mol. The number of fused-ring (bicyclic) bond motifs is 1. The number of para-hydroxylation sites is 1. The second-order valence-electron chi connectivity index (χ2n) is 5.22. The molecule has 1 aromatic carbocycles. The normalized spacial score (nSPS) is 11.7. The summed E-state index contributed by atoms with van der Waals surface area (Å²) in [5.41, 5.74) is 3.26. The fourth-order valence-electron chi connectivity index (χ4n) is 2.46. The maximum absolute atomic E-state index is 4.47. The zero-order valence-electron chi connectivity index (χ0n) is 13.3. The van der Waals surface area contributed by atoms with Crippen LogP contribution in [0.3, 0.4) is 0 Å². The third kappa shape index (κ3) is 3.48. The summed E-state index contributed by atoms with van der Waals surface area (Å²) in [7, 11) is 3.69. The van der Waals surface area contributed by atoms with Gasteiger partial charge in [-0.2, -0.15) is 5.10 Å². The van der Waals surface area contributed by atoms with E-state index in [1.165, 1.54) is 0 Å². The third-order valence-electron chi connectivity index (χ3n) is 3.75. The molecule has 0 aliphatic rings. The van der Waals surface area contributed by atoms with Crippen LogP contribution in [0.15, 0.2) is 53.8 Å². The Bertz CT molecular complexity index is 815. The molecule has 0 aliphatic heterocycles. The second-order valence-corrected chi connectivity index (χ2v) is 5.22. The fourth-order valence-corrected chi connectivity index (χ4v) is 2.46. The Kier molecular flexibility index (Phi) is 4.52. The Hall–Kier alpha value is -2.89. The molecule has 0 aliphatic carbocycles. The standard InChI is InChI=1S/C17H20N6/c1-18-17(21-12-15-8-10-22-23(15)2)20-11-14-6-3-5-13-7-4-9-19-16(13)14/h3-10H,11-12H2,1-2H3,(H2,18,20,21). The smallest absolute Gasteiger partial charge is 0.191 e. The van der Waals surface area contributed by atoms with Crippen molar-refractivity contribution in [3.63, 3.8) is 0 Å². The lowest BCUT2D eigenvalue weighted by Crippen LogP contribution is -2.36. The Balaban J connectivity index is 1.65. The van der Waals surface area contributed by atoms with Crippen molar-refractivity contribution in [3.05, 3.63) is 60.0 Å². The lowest BCUT2D eigenvalue weighted by atomic mass is 10.1. The molecule has 2 aromatic heterocycles. The number of aromatic nitrogens is 3. The molecule has 0 bridgehead atoms. The lowest BCUT2D eigenvalue weighted by molar-refractivity contribution is 0.684. The summed E-state index contributed by atoms with van der Waals surface area (Å²) >= 11 is 0. The molecule has 118 valence electrons. The van der Waals surface area contributed by atoms with Gasteiger partial charge in [-0.3, -0.25) is 14.7 Å². The highest BCUT2D eigenvalue weighted by Gasteiger charge is 2.04. The first-order valence-electron chi connectivity index (χ1n) is 7.52. The zero-order valence-corrected chi connectivity index (χ0v) is 13.3. The van der Waals surface area contributed by atoms with Gasteiger partial charge in [0, 0.05) is 38.4 Å². The molecule has 0 saturated carbocycles. The predicted octanol–water partition coefficient (Wildman–Crippen LogP) is 1.83. The highest BCUT2D eigenvalue weighted by molar-refractivity contribution is 5.83. The maximum Gasteiger partial charge on any atom is 0.191 e. The van der Waals surface area contributed by atoms with Crippen molar-refractivity contribution in [1.29, 1.82) is 0 Å². The SMILES string of the molecule is CN=C(NCc1cccc2cccnc12)NCc1ccnn1C. The second kappa shape index (κ2) is 6.91. The number of hydrogen-bond acceptors (Lipinski definition) is 3. The number of nitrogens with zero attached hydrogens (tertiary/aromatic N) is 4. The highest BCUT2D eigenvalue weighted by Crippen LogP contribution is 2.15. The van der Waals surface area contributed by atoms with Gasteiger partial charge in [0.2, 0.25) is 0 Å². The Morgan fingerprint density at radius 2 is 1.91 bits per heavy atom. The van der Waals surface area contributed by atoms with Gasteiger partial charge < -0.3 is 10.6 Å². The van der Waals surface area contributed by atoms with E-state index >= 15 is 0 Å². The Morgan fingerprint density at radius 1 is 1.09 bits per heavy atom. The highest BCUT2D eigenvalue weighted by atomic mass is 15.3. The van der Waals surface area contributed by atoms with Crippen LogP contribution in [0.2, 0.25) is 0 Å². The largest absolute Gasteiger partial charge is 0.352 e. The number of rotatable bonds is 4. The number of nitrogens with one attached hydrogen (secondary N) is 2. The summed E-state index contributed by atoms with van der Waals surface area (Å²) in [5, 5.41) is 11.9. The number of hydrogen-bond donors (Lipinski definition) is 2. The van der Waals surface area contributed by atoms with Gasteiger partial charge in [0.25, 0.3) is 0 Å². The molecule has 2 heterocycles. The van der Waals surface area contributed by atoms with Crippen LogP contribution in [0.5, 0.6) is 0 Å². The van der Waals surface area contributed by atoms with Crippen LogP contribution in [-0.2, 0) is 20.1 Å². The van der Waals surface area contributed by atoms with Crippen molar-refractivity contribution in [2.24, 2.45) is 12.0 Å². The van der Waals surface area contributed by atoms with Gasteiger partial charge >= 0.3 is 0 Å². The molecule has 0 radical (unpaired) electrons. The molecule has 23 heavy (non-hydrogen) atoms. The Morgan fingerprint density at radius 3 is 2.70 bits per heavy atom. The van der Waals surface area contributed by atoms with Crippen LogP contribution in [0, 0.1) is 0 Å². The van der Waals surface area contributed by atoms with E-state index in [0.717, 1.165) is 28.1 Å². The van der Waals surface area contributed by atoms with Crippen LogP contribution < -0.4 is 10.6 Å². The van der Waals surface area contributed by atoms with E-state index in [1.54, 1.807) is 13.2 Å². The van der Waals surface area contributed by atoms with Crippen molar-refractivity contribution < 1.29 is 0 Å². The monoisotopic (exact) mass is 308 g/mol. The average Bonchev–Trinajstić information content (AvgIpc) is 3.00. The molecule has 3 aromatic rings. The first kappa shape index (κ1) is 15.0. The van der Waals surface area contributed by atoms with Gasteiger partial charge in [-0.05, 0) is 17.7 Å².